The van der Waals surface area contributed by atoms with Crippen LogP contribution in [0.2, 0.25) is 0 Å². The zero-order valence-corrected chi connectivity index (χ0v) is 29.6. The number of hydrogen-bond acceptors (Lipinski definition) is 0. The summed E-state index contributed by atoms with van der Waals surface area (Å²) in [4.78, 5) is 0. The molecule has 0 saturated carbocycles. The Morgan fingerprint density at radius 3 is 1.14 bits per heavy atom. The Morgan fingerprint density at radius 2 is 0.661 bits per heavy atom. The zero-order valence-electron chi connectivity index (χ0n) is 43.6. The van der Waals surface area contributed by atoms with E-state index in [0.717, 1.165) is 33.4 Å². The van der Waals surface area contributed by atoms with E-state index in [-0.39, 0.29) is 43.6 Å². The summed E-state index contributed by atoms with van der Waals surface area (Å²) in [5.74, 6) is 0. The van der Waals surface area contributed by atoms with Crippen molar-refractivity contribution in [2.24, 2.45) is 0 Å². The molecule has 2 heteroatoms. The molecule has 0 atom stereocenters. The summed E-state index contributed by atoms with van der Waals surface area (Å²) in [6.45, 7) is 0. The highest BCUT2D eigenvalue weighted by atomic mass is 15.0. The van der Waals surface area contributed by atoms with E-state index in [1.807, 2.05) is 97.1 Å². The van der Waals surface area contributed by atoms with Crippen molar-refractivity contribution in [3.05, 3.63) is 218 Å². The van der Waals surface area contributed by atoms with Crippen molar-refractivity contribution >= 4 is 43.6 Å². The molecule has 0 aliphatic carbocycles. The summed E-state index contributed by atoms with van der Waals surface area (Å²) in [6.07, 6.45) is 0. The van der Waals surface area contributed by atoms with Crippen LogP contribution in [0.25, 0.3) is 99.5 Å². The third-order valence-electron chi connectivity index (χ3n) is 10.2. The summed E-state index contributed by atoms with van der Waals surface area (Å²) < 4.78 is 133. The first-order valence-corrected chi connectivity index (χ1v) is 18.1. The Hall–Kier alpha value is -7.42. The van der Waals surface area contributed by atoms with Crippen LogP contribution in [-0.4, -0.2) is 9.13 Å². The molecule has 0 spiro atoms. The summed E-state index contributed by atoms with van der Waals surface area (Å²) in [6, 6.07) is 34.0. The van der Waals surface area contributed by atoms with E-state index in [2.05, 4.69) is 0 Å². The molecule has 56 heavy (non-hydrogen) atoms. The van der Waals surface area contributed by atoms with Gasteiger partial charge in [-0.05, 0) is 105 Å². The molecule has 0 bridgehead atoms. The summed E-state index contributed by atoms with van der Waals surface area (Å²) in [7, 11) is 0. The Labute approximate surface area is 345 Å². The first-order chi connectivity index (χ1) is 33.6. The molecule has 0 unspecified atom stereocenters. The highest BCUT2D eigenvalue weighted by molar-refractivity contribution is 6.12. The summed E-state index contributed by atoms with van der Waals surface area (Å²) in [5.41, 5.74) is 4.90. The second kappa shape index (κ2) is 13.2. The largest absolute Gasteiger partial charge is 0.309 e. The molecule has 11 rings (SSSR count). The highest BCUT2D eigenvalue weighted by Gasteiger charge is 2.17. The Balaban J connectivity index is 1.21. The van der Waals surface area contributed by atoms with Gasteiger partial charge in [0, 0.05) is 32.9 Å². The van der Waals surface area contributed by atoms with Crippen LogP contribution in [0.4, 0.5) is 0 Å². The molecule has 0 aliphatic rings. The average molecular weight is 727 g/mol. The average Bonchev–Trinajstić information content (AvgIpc) is 3.95. The lowest BCUT2D eigenvalue weighted by Gasteiger charge is -2.12. The first-order valence-electron chi connectivity index (χ1n) is 25.1. The third kappa shape index (κ3) is 5.34. The van der Waals surface area contributed by atoms with Crippen molar-refractivity contribution in [3.63, 3.8) is 0 Å². The topological polar surface area (TPSA) is 9.86 Å². The van der Waals surface area contributed by atoms with Gasteiger partial charge in [0.05, 0.1) is 41.3 Å². The van der Waals surface area contributed by atoms with Crippen LogP contribution in [0, 0.1) is 0 Å². The number of rotatable bonds is 6. The van der Waals surface area contributed by atoms with Crippen LogP contribution in [-0.2, 0) is 0 Å². The second-order valence-electron chi connectivity index (χ2n) is 13.5. The highest BCUT2D eigenvalue weighted by Crippen LogP contribution is 2.39. The standard InChI is InChI=1S/C54H36N2/c1-3-13-37(14-4-1)39-25-27-40(28-26-39)42-18-12-20-46(34-42)56-52-24-10-8-22-48(52)50-36-44(30-32-54(50)56)43-29-31-53-49(35-43)47-21-7-9-23-51(47)55(53)45-19-11-17-41(33-45)38-15-5-2-6-16-38/h1-36H/i7D,8D,9D,10D,21D,22D,23D,24D,29D,30D,31D,32D,35D,36D. The Bertz CT molecular complexity index is 4030. The molecule has 0 N–H and O–H groups in total. The van der Waals surface area contributed by atoms with Gasteiger partial charge in [-0.2, -0.15) is 0 Å². The SMILES string of the molecule is [2H]c1c([2H])c([2H])c2c(c1[2H])c1c([2H])c(-c3c([2H])c([2H])c4c(c3[2H])c3c([2H])c([2H])c([2H])c([2H])c3n4-c3cccc(-c4ccc(-c5ccccc5)cc4)c3)c([2H])c([2H])c1n2-c1cccc(-c2ccccc2)c1. The minimum atomic E-state index is -0.619. The van der Waals surface area contributed by atoms with E-state index in [4.69, 9.17) is 6.85 Å². The molecule has 0 saturated heterocycles. The van der Waals surface area contributed by atoms with Gasteiger partial charge in [-0.25, -0.2) is 0 Å². The van der Waals surface area contributed by atoms with Crippen molar-refractivity contribution in [2.75, 3.05) is 0 Å². The van der Waals surface area contributed by atoms with Gasteiger partial charge < -0.3 is 9.13 Å². The molecular formula is C54H36N2. The quantitative estimate of drug-likeness (QED) is 0.161. The number of hydrogen-bond donors (Lipinski definition) is 0. The molecule has 262 valence electrons. The smallest absolute Gasteiger partial charge is 0.0645 e. The number of fused-ring (bicyclic) bond motifs is 6. The summed E-state index contributed by atoms with van der Waals surface area (Å²) >= 11 is 0. The van der Waals surface area contributed by atoms with E-state index in [0.29, 0.717) is 11.4 Å². The minimum absolute atomic E-state index is 0.0491. The molecule has 9 aromatic carbocycles. The van der Waals surface area contributed by atoms with Gasteiger partial charge in [-0.15, -0.1) is 0 Å². The fourth-order valence-corrected chi connectivity index (χ4v) is 7.56. The predicted molar refractivity (Wildman–Crippen MR) is 237 cm³/mol. The lowest BCUT2D eigenvalue weighted by atomic mass is 10.00. The van der Waals surface area contributed by atoms with E-state index < -0.39 is 95.7 Å². The monoisotopic (exact) mass is 726 g/mol. The van der Waals surface area contributed by atoms with Gasteiger partial charge in [0.25, 0.3) is 0 Å². The number of para-hydroxylation sites is 2. The number of nitrogens with zero attached hydrogens (tertiary/aromatic N) is 2. The van der Waals surface area contributed by atoms with Crippen molar-refractivity contribution in [1.29, 1.82) is 0 Å². The molecule has 0 amide bonds. The lowest BCUT2D eigenvalue weighted by molar-refractivity contribution is 1.18. The van der Waals surface area contributed by atoms with E-state index in [1.165, 1.54) is 9.13 Å². The molecule has 0 fully saturated rings. The predicted octanol–water partition coefficient (Wildman–Crippen LogP) is 14.5. The van der Waals surface area contributed by atoms with Gasteiger partial charge in [0.15, 0.2) is 0 Å². The lowest BCUT2D eigenvalue weighted by Crippen LogP contribution is -1.94. The van der Waals surface area contributed by atoms with Crippen molar-refractivity contribution in [2.45, 2.75) is 0 Å². The molecule has 0 aliphatic heterocycles. The van der Waals surface area contributed by atoms with Crippen molar-refractivity contribution in [3.8, 4) is 55.9 Å². The van der Waals surface area contributed by atoms with Crippen LogP contribution < -0.4 is 0 Å². The van der Waals surface area contributed by atoms with Gasteiger partial charge in [-0.1, -0.05) is 158 Å². The summed E-state index contributed by atoms with van der Waals surface area (Å²) in [5, 5.41) is -0.501. The van der Waals surface area contributed by atoms with Gasteiger partial charge in [0.1, 0.15) is 0 Å². The van der Waals surface area contributed by atoms with E-state index in [9.17, 15) is 12.3 Å². The van der Waals surface area contributed by atoms with Gasteiger partial charge in [0.2, 0.25) is 0 Å². The molecule has 0 radical (unpaired) electrons. The van der Waals surface area contributed by atoms with E-state index >= 15 is 0 Å². The molecule has 2 aromatic heterocycles. The Kier molecular flexibility index (Phi) is 4.90. The maximum absolute atomic E-state index is 9.93. The minimum Gasteiger partial charge on any atom is -0.309 e. The number of aromatic nitrogens is 2. The van der Waals surface area contributed by atoms with Gasteiger partial charge >= 0.3 is 0 Å². The maximum atomic E-state index is 9.93. The first kappa shape index (κ1) is 20.9. The molecule has 11 aromatic rings. The molecule has 2 nitrogen and oxygen atoms in total. The van der Waals surface area contributed by atoms with Crippen LogP contribution in [0.1, 0.15) is 19.2 Å². The van der Waals surface area contributed by atoms with Crippen molar-refractivity contribution in [1.82, 2.24) is 9.13 Å². The maximum Gasteiger partial charge on any atom is 0.0645 e. The van der Waals surface area contributed by atoms with E-state index in [1.54, 1.807) is 36.4 Å². The van der Waals surface area contributed by atoms with Crippen LogP contribution in [0.5, 0.6) is 0 Å². The third-order valence-corrected chi connectivity index (χ3v) is 10.2. The molecule has 2 heterocycles. The number of benzene rings is 9. The fraction of sp³-hybridized carbons (Fsp3) is 0. The van der Waals surface area contributed by atoms with Crippen LogP contribution in [0.15, 0.2) is 218 Å². The second-order valence-corrected chi connectivity index (χ2v) is 13.5. The normalized spacial score (nSPS) is 15.1. The zero-order chi connectivity index (χ0) is 49.2. The van der Waals surface area contributed by atoms with Crippen molar-refractivity contribution < 1.29 is 19.2 Å². The fourth-order valence-electron chi connectivity index (χ4n) is 7.56. The van der Waals surface area contributed by atoms with Gasteiger partial charge in [-0.3, -0.25) is 0 Å². The molecular weight excluding hydrogens is 677 g/mol. The van der Waals surface area contributed by atoms with Crippen LogP contribution >= 0.6 is 0 Å². The Morgan fingerprint density at radius 1 is 0.286 bits per heavy atom. The van der Waals surface area contributed by atoms with Crippen LogP contribution in [0.3, 0.4) is 0 Å².